The molecule has 1 N–H and O–H groups in total. The van der Waals surface area contributed by atoms with Crippen molar-refractivity contribution in [2.45, 2.75) is 24.9 Å². The number of aromatic amines is 1. The van der Waals surface area contributed by atoms with Crippen LogP contribution in [0, 0.1) is 0 Å². The van der Waals surface area contributed by atoms with Crippen molar-refractivity contribution in [1.82, 2.24) is 19.9 Å². The van der Waals surface area contributed by atoms with Gasteiger partial charge >= 0.3 is 0 Å². The fourth-order valence-corrected chi connectivity index (χ4v) is 6.01. The van der Waals surface area contributed by atoms with Crippen molar-refractivity contribution in [2.24, 2.45) is 0 Å². The van der Waals surface area contributed by atoms with E-state index in [1.165, 1.54) is 10.4 Å². The maximum atomic E-state index is 13.1. The number of para-hydroxylation sites is 1. The van der Waals surface area contributed by atoms with Gasteiger partial charge in [0.2, 0.25) is 0 Å². The predicted molar refractivity (Wildman–Crippen MR) is 120 cm³/mol. The van der Waals surface area contributed by atoms with Crippen molar-refractivity contribution < 1.29 is 9.53 Å². The Hall–Kier alpha value is -3.03. The summed E-state index contributed by atoms with van der Waals surface area (Å²) in [4.78, 5) is 29.5. The van der Waals surface area contributed by atoms with Crippen LogP contribution < -0.4 is 0 Å². The SMILES string of the molecule is O=C(c1cc2ccccc2[nH]1)N1CCC2(CC1)OCCc1sc(-c3cnccn3)cc12. The number of fused-ring (bicyclic) bond motifs is 3. The van der Waals surface area contributed by atoms with Gasteiger partial charge in [-0.15, -0.1) is 11.3 Å². The molecule has 6 rings (SSSR count). The van der Waals surface area contributed by atoms with Gasteiger partial charge in [0.1, 0.15) is 5.69 Å². The number of likely N-dealkylation sites (tertiary alicyclic amines) is 1. The molecule has 6 nitrogen and oxygen atoms in total. The number of benzene rings is 1. The van der Waals surface area contributed by atoms with Gasteiger partial charge < -0.3 is 14.6 Å². The lowest BCUT2D eigenvalue weighted by atomic mass is 9.82. The van der Waals surface area contributed by atoms with Crippen LogP contribution in [0.3, 0.4) is 0 Å². The van der Waals surface area contributed by atoms with Crippen molar-refractivity contribution in [3.05, 3.63) is 71.1 Å². The quantitative estimate of drug-likeness (QED) is 0.512. The van der Waals surface area contributed by atoms with Crippen LogP contribution in [0.2, 0.25) is 0 Å². The second kappa shape index (κ2) is 7.28. The highest BCUT2D eigenvalue weighted by Gasteiger charge is 2.43. The number of nitrogens with zero attached hydrogens (tertiary/aromatic N) is 3. The van der Waals surface area contributed by atoms with Gasteiger partial charge in [0.15, 0.2) is 0 Å². The van der Waals surface area contributed by atoms with Crippen molar-refractivity contribution >= 4 is 28.1 Å². The molecule has 0 atom stereocenters. The summed E-state index contributed by atoms with van der Waals surface area (Å²) in [5, 5.41) is 1.06. The number of rotatable bonds is 2. The minimum absolute atomic E-state index is 0.0626. The summed E-state index contributed by atoms with van der Waals surface area (Å²) in [5.41, 5.74) is 3.53. The summed E-state index contributed by atoms with van der Waals surface area (Å²) >= 11 is 1.79. The second-order valence-electron chi connectivity index (χ2n) is 8.19. The third-order valence-electron chi connectivity index (χ3n) is 6.44. The molecule has 0 bridgehead atoms. The Morgan fingerprint density at radius 1 is 1.16 bits per heavy atom. The number of nitrogens with one attached hydrogen (secondary N) is 1. The first-order valence-corrected chi connectivity index (χ1v) is 11.4. The smallest absolute Gasteiger partial charge is 0.270 e. The molecular weight excluding hydrogens is 408 g/mol. The van der Waals surface area contributed by atoms with Gasteiger partial charge in [0, 0.05) is 47.7 Å². The highest BCUT2D eigenvalue weighted by molar-refractivity contribution is 7.15. The molecule has 5 heterocycles. The van der Waals surface area contributed by atoms with Gasteiger partial charge in [0.25, 0.3) is 5.91 Å². The van der Waals surface area contributed by atoms with Crippen LogP contribution >= 0.6 is 11.3 Å². The highest BCUT2D eigenvalue weighted by Crippen LogP contribution is 2.46. The van der Waals surface area contributed by atoms with Gasteiger partial charge in [-0.2, -0.15) is 0 Å². The summed E-state index contributed by atoms with van der Waals surface area (Å²) in [6.07, 6.45) is 7.79. The lowest BCUT2D eigenvalue weighted by Gasteiger charge is -2.44. The summed E-state index contributed by atoms with van der Waals surface area (Å²) in [6, 6.07) is 12.2. The number of hydrogen-bond donors (Lipinski definition) is 1. The molecule has 0 unspecified atom stereocenters. The molecule has 1 aromatic carbocycles. The molecule has 3 aromatic heterocycles. The summed E-state index contributed by atoms with van der Waals surface area (Å²) in [6.45, 7) is 2.09. The van der Waals surface area contributed by atoms with E-state index in [0.717, 1.165) is 47.3 Å². The molecule has 4 aromatic rings. The largest absolute Gasteiger partial charge is 0.370 e. The van der Waals surface area contributed by atoms with Gasteiger partial charge in [-0.25, -0.2) is 0 Å². The Kier molecular flexibility index (Phi) is 4.40. The minimum atomic E-state index is -0.304. The number of ether oxygens (including phenoxy) is 1. The van der Waals surface area contributed by atoms with Crippen LogP contribution in [0.1, 0.15) is 33.8 Å². The third kappa shape index (κ3) is 3.16. The van der Waals surface area contributed by atoms with Crippen molar-refractivity contribution in [1.29, 1.82) is 0 Å². The molecule has 0 saturated carbocycles. The maximum absolute atomic E-state index is 13.1. The Labute approximate surface area is 183 Å². The van der Waals surface area contributed by atoms with Crippen molar-refractivity contribution in [2.75, 3.05) is 19.7 Å². The summed E-state index contributed by atoms with van der Waals surface area (Å²) < 4.78 is 6.39. The van der Waals surface area contributed by atoms with E-state index in [2.05, 4.69) is 21.0 Å². The first kappa shape index (κ1) is 18.7. The number of carbonyl (C=O) groups is 1. The molecule has 2 aliphatic rings. The van der Waals surface area contributed by atoms with E-state index in [-0.39, 0.29) is 11.5 Å². The van der Waals surface area contributed by atoms with E-state index in [9.17, 15) is 4.79 Å². The van der Waals surface area contributed by atoms with Gasteiger partial charge in [-0.05, 0) is 36.6 Å². The summed E-state index contributed by atoms with van der Waals surface area (Å²) in [5.74, 6) is 0.0626. The normalized spacial score (nSPS) is 17.7. The first-order chi connectivity index (χ1) is 15.2. The van der Waals surface area contributed by atoms with Crippen LogP contribution in [-0.2, 0) is 16.8 Å². The number of amides is 1. The van der Waals surface area contributed by atoms with E-state index in [0.29, 0.717) is 18.8 Å². The van der Waals surface area contributed by atoms with Gasteiger partial charge in [0.05, 0.1) is 29.0 Å². The van der Waals surface area contributed by atoms with Crippen LogP contribution in [0.5, 0.6) is 0 Å². The Balaban J connectivity index is 1.24. The predicted octanol–water partition coefficient (Wildman–Crippen LogP) is 4.39. The molecule has 1 saturated heterocycles. The Morgan fingerprint density at radius 3 is 2.84 bits per heavy atom. The molecule has 7 heteroatoms. The minimum Gasteiger partial charge on any atom is -0.370 e. The monoisotopic (exact) mass is 430 g/mol. The lowest BCUT2D eigenvalue weighted by molar-refractivity contribution is -0.0926. The van der Waals surface area contributed by atoms with Crippen LogP contribution in [0.25, 0.3) is 21.5 Å². The first-order valence-electron chi connectivity index (χ1n) is 10.6. The van der Waals surface area contributed by atoms with E-state index in [1.54, 1.807) is 23.7 Å². The third-order valence-corrected chi connectivity index (χ3v) is 7.66. The van der Waals surface area contributed by atoms with Crippen LogP contribution in [-0.4, -0.2) is 45.5 Å². The average molecular weight is 431 g/mol. The molecule has 1 amide bonds. The van der Waals surface area contributed by atoms with E-state index < -0.39 is 0 Å². The molecule has 156 valence electrons. The fourth-order valence-electron chi connectivity index (χ4n) is 4.81. The Bertz CT molecular complexity index is 1220. The number of H-pyrrole nitrogens is 1. The molecule has 0 radical (unpaired) electrons. The topological polar surface area (TPSA) is 71.1 Å². The van der Waals surface area contributed by atoms with Gasteiger partial charge in [-0.1, -0.05) is 18.2 Å². The summed E-state index contributed by atoms with van der Waals surface area (Å²) in [7, 11) is 0. The molecular formula is C24H22N4O2S. The lowest BCUT2D eigenvalue weighted by Crippen LogP contribution is -2.48. The highest BCUT2D eigenvalue weighted by atomic mass is 32.1. The van der Waals surface area contributed by atoms with Crippen LogP contribution in [0.4, 0.5) is 0 Å². The standard InChI is InChI=1S/C24H22N4O2S/c29-23(19-13-16-3-1-2-4-18(16)27-19)28-10-6-24(7-11-28)17-14-22(20-15-25-8-9-26-20)31-21(17)5-12-30-24/h1-4,8-9,13-15,27H,5-7,10-12H2. The zero-order chi connectivity index (χ0) is 20.8. The zero-order valence-electron chi connectivity index (χ0n) is 17.0. The molecule has 1 fully saturated rings. The number of carbonyl (C=O) groups excluding carboxylic acids is 1. The van der Waals surface area contributed by atoms with Crippen LogP contribution in [0.15, 0.2) is 55.0 Å². The van der Waals surface area contributed by atoms with E-state index in [1.807, 2.05) is 41.4 Å². The number of piperidine rings is 1. The number of aromatic nitrogens is 3. The second-order valence-corrected chi connectivity index (χ2v) is 9.33. The van der Waals surface area contributed by atoms with E-state index >= 15 is 0 Å². The van der Waals surface area contributed by atoms with Crippen molar-refractivity contribution in [3.63, 3.8) is 0 Å². The average Bonchev–Trinajstić information content (AvgIpc) is 3.45. The zero-order valence-corrected chi connectivity index (χ0v) is 17.8. The van der Waals surface area contributed by atoms with Gasteiger partial charge in [-0.3, -0.25) is 14.8 Å². The van der Waals surface area contributed by atoms with E-state index in [4.69, 9.17) is 4.74 Å². The molecule has 1 spiro atoms. The maximum Gasteiger partial charge on any atom is 0.270 e. The van der Waals surface area contributed by atoms with Crippen molar-refractivity contribution in [3.8, 4) is 10.6 Å². The fraction of sp³-hybridized carbons (Fsp3) is 0.292. The molecule has 2 aliphatic heterocycles. The number of hydrogen-bond acceptors (Lipinski definition) is 5. The number of thiophene rings is 1. The molecule has 0 aliphatic carbocycles. The molecule has 31 heavy (non-hydrogen) atoms. The Morgan fingerprint density at radius 2 is 2.03 bits per heavy atom.